The molecule has 1 heterocycles. The van der Waals surface area contributed by atoms with Crippen LogP contribution in [-0.4, -0.2) is 28.7 Å². The zero-order valence-electron chi connectivity index (χ0n) is 13.0. The Bertz CT molecular complexity index is 613. The van der Waals surface area contributed by atoms with Crippen molar-refractivity contribution >= 4 is 18.2 Å². The summed E-state index contributed by atoms with van der Waals surface area (Å²) in [7, 11) is 0. The number of hydrazone groups is 1. The number of urea groups is 1. The van der Waals surface area contributed by atoms with Crippen molar-refractivity contribution in [2.75, 3.05) is 0 Å². The average Bonchev–Trinajstić information content (AvgIpc) is 2.73. The summed E-state index contributed by atoms with van der Waals surface area (Å²) in [4.78, 5) is 24.7. The molecule has 2 aliphatic rings. The van der Waals surface area contributed by atoms with Crippen LogP contribution in [0.2, 0.25) is 0 Å². The zero-order valence-corrected chi connectivity index (χ0v) is 13.0. The van der Waals surface area contributed by atoms with Crippen molar-refractivity contribution in [3.63, 3.8) is 0 Å². The molecule has 0 atom stereocenters. The van der Waals surface area contributed by atoms with Gasteiger partial charge in [0.05, 0.1) is 6.21 Å². The molecule has 5 heteroatoms. The maximum atomic E-state index is 12.6. The van der Waals surface area contributed by atoms with Gasteiger partial charge in [0.15, 0.2) is 0 Å². The Morgan fingerprint density at radius 3 is 2.50 bits per heavy atom. The van der Waals surface area contributed by atoms with E-state index in [1.165, 1.54) is 0 Å². The zero-order chi connectivity index (χ0) is 15.7. The highest BCUT2D eigenvalue weighted by Crippen LogP contribution is 2.36. The quantitative estimate of drug-likeness (QED) is 0.674. The summed E-state index contributed by atoms with van der Waals surface area (Å²) >= 11 is 0. The predicted octanol–water partition coefficient (Wildman–Crippen LogP) is 2.83. The number of hydrogen-bond donors (Lipinski definition) is 1. The van der Waals surface area contributed by atoms with Gasteiger partial charge in [0.1, 0.15) is 5.54 Å². The number of amides is 3. The first-order valence-corrected chi connectivity index (χ1v) is 7.77. The standard InChI is InChI=1S/C17H21N3O2/c1-12-3-5-14(6-4-12)11-18-20-15(21)17(19-16(20)22)9-7-13(2)8-10-17/h3-6,11,13H,7-10H2,1-2H3,(H,19,22)/b18-11-. The number of carbonyl (C=O) groups is 2. The molecule has 3 amide bonds. The molecule has 1 aliphatic heterocycles. The van der Waals surface area contributed by atoms with Gasteiger partial charge in [-0.3, -0.25) is 4.79 Å². The largest absolute Gasteiger partial charge is 0.346 e. The van der Waals surface area contributed by atoms with E-state index in [1.54, 1.807) is 6.21 Å². The van der Waals surface area contributed by atoms with Crippen molar-refractivity contribution in [1.29, 1.82) is 0 Å². The van der Waals surface area contributed by atoms with Crippen molar-refractivity contribution in [3.8, 4) is 0 Å². The summed E-state index contributed by atoms with van der Waals surface area (Å²) < 4.78 is 0. The van der Waals surface area contributed by atoms with Crippen molar-refractivity contribution < 1.29 is 9.59 Å². The van der Waals surface area contributed by atoms with E-state index in [1.807, 2.05) is 31.2 Å². The van der Waals surface area contributed by atoms with Crippen LogP contribution >= 0.6 is 0 Å². The van der Waals surface area contributed by atoms with Gasteiger partial charge in [-0.2, -0.15) is 5.10 Å². The maximum absolute atomic E-state index is 12.6. The van der Waals surface area contributed by atoms with E-state index in [9.17, 15) is 9.59 Å². The Morgan fingerprint density at radius 2 is 1.86 bits per heavy atom. The van der Waals surface area contributed by atoms with Gasteiger partial charge in [-0.05, 0) is 44.1 Å². The molecule has 1 aliphatic carbocycles. The average molecular weight is 299 g/mol. The van der Waals surface area contributed by atoms with Gasteiger partial charge in [0.2, 0.25) is 0 Å². The van der Waals surface area contributed by atoms with Gasteiger partial charge in [0.25, 0.3) is 5.91 Å². The summed E-state index contributed by atoms with van der Waals surface area (Å²) in [5.41, 5.74) is 1.29. The number of aryl methyl sites for hydroxylation is 1. The highest BCUT2D eigenvalue weighted by Gasteiger charge is 2.52. The number of nitrogens with zero attached hydrogens (tertiary/aromatic N) is 2. The summed E-state index contributed by atoms with van der Waals surface area (Å²) in [6.45, 7) is 4.19. The normalized spacial score (nSPS) is 28.6. The Hall–Kier alpha value is -2.17. The molecule has 116 valence electrons. The lowest BCUT2D eigenvalue weighted by Gasteiger charge is -2.33. The fourth-order valence-corrected chi connectivity index (χ4v) is 3.08. The summed E-state index contributed by atoms with van der Waals surface area (Å²) in [5, 5.41) is 7.94. The van der Waals surface area contributed by atoms with Crippen LogP contribution in [-0.2, 0) is 4.79 Å². The molecule has 0 unspecified atom stereocenters. The molecule has 1 saturated heterocycles. The van der Waals surface area contributed by atoms with E-state index in [-0.39, 0.29) is 5.91 Å². The number of nitrogens with one attached hydrogen (secondary N) is 1. The van der Waals surface area contributed by atoms with E-state index < -0.39 is 11.6 Å². The SMILES string of the molecule is Cc1ccc(/C=N\N2C(=O)NC3(CCC(C)CC3)C2=O)cc1. The van der Waals surface area contributed by atoms with Crippen molar-refractivity contribution in [2.24, 2.45) is 11.0 Å². The van der Waals surface area contributed by atoms with Crippen LogP contribution in [0, 0.1) is 12.8 Å². The molecule has 1 aromatic carbocycles. The van der Waals surface area contributed by atoms with E-state index in [0.717, 1.165) is 29.0 Å². The Balaban J connectivity index is 1.76. The van der Waals surface area contributed by atoms with Crippen LogP contribution < -0.4 is 5.32 Å². The molecule has 1 aromatic rings. The second-order valence-electron chi connectivity index (χ2n) is 6.47. The summed E-state index contributed by atoms with van der Waals surface area (Å²) in [6.07, 6.45) is 4.88. The van der Waals surface area contributed by atoms with Gasteiger partial charge in [-0.25, -0.2) is 4.79 Å². The minimum Gasteiger partial charge on any atom is -0.321 e. The number of carbonyl (C=O) groups excluding carboxylic acids is 2. The number of benzene rings is 1. The molecule has 0 radical (unpaired) electrons. The molecule has 1 saturated carbocycles. The molecular formula is C17H21N3O2. The van der Waals surface area contributed by atoms with Crippen LogP contribution in [0.25, 0.3) is 0 Å². The van der Waals surface area contributed by atoms with Crippen molar-refractivity contribution in [2.45, 2.75) is 45.1 Å². The van der Waals surface area contributed by atoms with Crippen LogP contribution in [0.4, 0.5) is 4.79 Å². The van der Waals surface area contributed by atoms with Gasteiger partial charge in [-0.1, -0.05) is 36.8 Å². The second-order valence-corrected chi connectivity index (χ2v) is 6.47. The van der Waals surface area contributed by atoms with Crippen LogP contribution in [0.5, 0.6) is 0 Å². The van der Waals surface area contributed by atoms with Gasteiger partial charge in [0, 0.05) is 0 Å². The minimum absolute atomic E-state index is 0.215. The highest BCUT2D eigenvalue weighted by molar-refractivity contribution is 6.07. The first-order chi connectivity index (χ1) is 10.5. The lowest BCUT2D eigenvalue weighted by Crippen LogP contribution is -2.49. The number of hydrogen-bond acceptors (Lipinski definition) is 3. The molecular weight excluding hydrogens is 278 g/mol. The third-order valence-electron chi connectivity index (χ3n) is 4.67. The smallest absolute Gasteiger partial charge is 0.321 e. The third-order valence-corrected chi connectivity index (χ3v) is 4.67. The Labute approximate surface area is 130 Å². The fourth-order valence-electron chi connectivity index (χ4n) is 3.08. The first kappa shape index (κ1) is 14.8. The highest BCUT2D eigenvalue weighted by atomic mass is 16.2. The molecule has 0 aromatic heterocycles. The van der Waals surface area contributed by atoms with Crippen LogP contribution in [0.3, 0.4) is 0 Å². The monoisotopic (exact) mass is 299 g/mol. The van der Waals surface area contributed by atoms with Crippen molar-refractivity contribution in [3.05, 3.63) is 35.4 Å². The molecule has 5 nitrogen and oxygen atoms in total. The Kier molecular flexibility index (Phi) is 3.72. The van der Waals surface area contributed by atoms with Crippen molar-refractivity contribution in [1.82, 2.24) is 10.3 Å². The molecule has 2 fully saturated rings. The van der Waals surface area contributed by atoms with E-state index in [2.05, 4.69) is 17.3 Å². The summed E-state index contributed by atoms with van der Waals surface area (Å²) in [6, 6.07) is 7.35. The lowest BCUT2D eigenvalue weighted by atomic mass is 9.77. The van der Waals surface area contributed by atoms with E-state index in [0.29, 0.717) is 18.8 Å². The maximum Gasteiger partial charge on any atom is 0.346 e. The number of imide groups is 1. The Morgan fingerprint density at radius 1 is 1.23 bits per heavy atom. The third kappa shape index (κ3) is 2.63. The minimum atomic E-state index is -0.728. The molecule has 22 heavy (non-hydrogen) atoms. The predicted molar refractivity (Wildman–Crippen MR) is 84.5 cm³/mol. The van der Waals surface area contributed by atoms with Gasteiger partial charge in [-0.15, -0.1) is 5.01 Å². The van der Waals surface area contributed by atoms with Gasteiger partial charge >= 0.3 is 6.03 Å². The first-order valence-electron chi connectivity index (χ1n) is 7.77. The molecule has 1 N–H and O–H groups in total. The molecule has 0 bridgehead atoms. The van der Waals surface area contributed by atoms with Crippen LogP contribution in [0.1, 0.15) is 43.7 Å². The molecule has 3 rings (SSSR count). The van der Waals surface area contributed by atoms with Gasteiger partial charge < -0.3 is 5.32 Å². The lowest BCUT2D eigenvalue weighted by molar-refractivity contribution is -0.132. The van der Waals surface area contributed by atoms with E-state index >= 15 is 0 Å². The number of rotatable bonds is 2. The second kappa shape index (κ2) is 5.55. The molecule has 1 spiro atoms. The van der Waals surface area contributed by atoms with E-state index in [4.69, 9.17) is 0 Å². The topological polar surface area (TPSA) is 61.8 Å². The summed E-state index contributed by atoms with van der Waals surface area (Å²) in [5.74, 6) is 0.396. The van der Waals surface area contributed by atoms with Crippen LogP contribution in [0.15, 0.2) is 29.4 Å². The fraction of sp³-hybridized carbons (Fsp3) is 0.471.